The zero-order chi connectivity index (χ0) is 7.28. The van der Waals surface area contributed by atoms with Crippen molar-refractivity contribution in [3.8, 4) is 0 Å². The smallest absolute Gasteiger partial charge is 0.481 e. The zero-order valence-corrected chi connectivity index (χ0v) is 10.8. The van der Waals surface area contributed by atoms with E-state index >= 15 is 0 Å². The molecule has 0 atom stereocenters. The van der Waals surface area contributed by atoms with Crippen molar-refractivity contribution < 1.29 is 78.9 Å². The maximum Gasteiger partial charge on any atom is 1.00 e. The van der Waals surface area contributed by atoms with Gasteiger partial charge in [-0.1, -0.05) is 0 Å². The molecule has 0 aliphatic rings. The largest absolute Gasteiger partial charge is 1.00 e. The Hall–Kier alpha value is 0.940. The van der Waals surface area contributed by atoms with Crippen molar-refractivity contribution in [2.24, 2.45) is 0 Å². The van der Waals surface area contributed by atoms with E-state index in [9.17, 15) is 9.59 Å². The van der Waals surface area contributed by atoms with Crippen LogP contribution in [0.3, 0.4) is 0 Å². The molecule has 0 saturated heterocycles. The molecular formula is C5H8Na2O4+2. The summed E-state index contributed by atoms with van der Waals surface area (Å²) in [6, 6.07) is 0. The van der Waals surface area contributed by atoms with Gasteiger partial charge in [0.2, 0.25) is 0 Å². The van der Waals surface area contributed by atoms with Crippen LogP contribution in [-0.4, -0.2) is 22.2 Å². The number of aliphatic carboxylic acids is 2. The first-order valence-corrected chi connectivity index (χ1v) is 2.56. The van der Waals surface area contributed by atoms with Gasteiger partial charge in [-0.15, -0.1) is 0 Å². The molecule has 0 aromatic rings. The minimum absolute atomic E-state index is 0. The van der Waals surface area contributed by atoms with Gasteiger partial charge in [0.25, 0.3) is 0 Å². The van der Waals surface area contributed by atoms with Crippen LogP contribution < -0.4 is 59.1 Å². The SMILES string of the molecule is O=C(O)CCCC(=O)O.[Na+].[Na+]. The molecule has 11 heavy (non-hydrogen) atoms. The maximum absolute atomic E-state index is 9.79. The number of carboxylic acid groups (broad SMARTS) is 2. The summed E-state index contributed by atoms with van der Waals surface area (Å²) in [6.45, 7) is 0. The van der Waals surface area contributed by atoms with Gasteiger partial charge in [0, 0.05) is 12.8 Å². The molecule has 0 aliphatic heterocycles. The topological polar surface area (TPSA) is 74.6 Å². The third-order valence-electron chi connectivity index (χ3n) is 0.781. The summed E-state index contributed by atoms with van der Waals surface area (Å²) in [4.78, 5) is 19.6. The second-order valence-electron chi connectivity index (χ2n) is 1.64. The van der Waals surface area contributed by atoms with Crippen LogP contribution in [0.5, 0.6) is 0 Å². The minimum Gasteiger partial charge on any atom is -0.481 e. The summed E-state index contributed by atoms with van der Waals surface area (Å²) in [7, 11) is 0. The van der Waals surface area contributed by atoms with Crippen molar-refractivity contribution in [1.29, 1.82) is 0 Å². The van der Waals surface area contributed by atoms with E-state index in [2.05, 4.69) is 0 Å². The molecule has 0 aromatic heterocycles. The van der Waals surface area contributed by atoms with Gasteiger partial charge in [-0.2, -0.15) is 0 Å². The quantitative estimate of drug-likeness (QED) is 0.421. The van der Waals surface area contributed by atoms with Crippen LogP contribution in [0, 0.1) is 0 Å². The second kappa shape index (κ2) is 10.9. The molecule has 6 heteroatoms. The van der Waals surface area contributed by atoms with Gasteiger partial charge in [-0.25, -0.2) is 0 Å². The van der Waals surface area contributed by atoms with Crippen LogP contribution in [0.2, 0.25) is 0 Å². The summed E-state index contributed by atoms with van der Waals surface area (Å²) in [5, 5.41) is 16.1. The maximum atomic E-state index is 9.79. The summed E-state index contributed by atoms with van der Waals surface area (Å²) in [5.41, 5.74) is 0. The third-order valence-corrected chi connectivity index (χ3v) is 0.781. The zero-order valence-electron chi connectivity index (χ0n) is 6.83. The van der Waals surface area contributed by atoms with Gasteiger partial charge < -0.3 is 10.2 Å². The van der Waals surface area contributed by atoms with E-state index in [1.807, 2.05) is 0 Å². The van der Waals surface area contributed by atoms with Crippen molar-refractivity contribution in [2.45, 2.75) is 19.3 Å². The summed E-state index contributed by atoms with van der Waals surface area (Å²) < 4.78 is 0. The van der Waals surface area contributed by atoms with Crippen molar-refractivity contribution in [2.75, 3.05) is 0 Å². The number of hydrogen-bond donors (Lipinski definition) is 2. The van der Waals surface area contributed by atoms with Crippen LogP contribution in [0.4, 0.5) is 0 Å². The van der Waals surface area contributed by atoms with Gasteiger partial charge in [0.15, 0.2) is 0 Å². The summed E-state index contributed by atoms with van der Waals surface area (Å²) in [5.74, 6) is -1.90. The molecule has 0 radical (unpaired) electrons. The Balaban J connectivity index is -0.000000320. The van der Waals surface area contributed by atoms with Gasteiger partial charge in [0.05, 0.1) is 0 Å². The molecule has 0 unspecified atom stereocenters. The fraction of sp³-hybridized carbons (Fsp3) is 0.600. The molecule has 0 saturated carbocycles. The molecule has 0 aromatic carbocycles. The molecule has 2 N–H and O–H groups in total. The fourth-order valence-corrected chi connectivity index (χ4v) is 0.391. The van der Waals surface area contributed by atoms with Crippen LogP contribution in [0.25, 0.3) is 0 Å². The van der Waals surface area contributed by atoms with E-state index in [-0.39, 0.29) is 78.4 Å². The molecule has 0 aliphatic carbocycles. The number of hydrogen-bond acceptors (Lipinski definition) is 2. The second-order valence-corrected chi connectivity index (χ2v) is 1.64. The molecule has 52 valence electrons. The Labute approximate surface area is 109 Å². The predicted octanol–water partition coefficient (Wildman–Crippen LogP) is -5.67. The standard InChI is InChI=1S/C5H8O4.2Na/c6-4(7)2-1-3-5(8)9;;/h1-3H2,(H,6,7)(H,8,9);;/q;2*+1. The number of rotatable bonds is 4. The molecule has 0 spiro atoms. The van der Waals surface area contributed by atoms with Crippen molar-refractivity contribution >= 4 is 11.9 Å². The van der Waals surface area contributed by atoms with E-state index in [0.717, 1.165) is 0 Å². The van der Waals surface area contributed by atoms with Crippen LogP contribution in [0.1, 0.15) is 19.3 Å². The molecule has 0 bridgehead atoms. The van der Waals surface area contributed by atoms with E-state index < -0.39 is 11.9 Å². The van der Waals surface area contributed by atoms with Gasteiger partial charge in [0.1, 0.15) is 0 Å². The van der Waals surface area contributed by atoms with E-state index in [1.54, 1.807) is 0 Å². The van der Waals surface area contributed by atoms with Crippen LogP contribution in [0.15, 0.2) is 0 Å². The van der Waals surface area contributed by atoms with Crippen LogP contribution in [-0.2, 0) is 9.59 Å². The van der Waals surface area contributed by atoms with Crippen molar-refractivity contribution in [1.82, 2.24) is 0 Å². The Morgan fingerprint density at radius 2 is 1.18 bits per heavy atom. The van der Waals surface area contributed by atoms with Gasteiger partial charge in [-0.05, 0) is 6.42 Å². The van der Waals surface area contributed by atoms with E-state index in [0.29, 0.717) is 0 Å². The normalized spacial score (nSPS) is 7.27. The first-order valence-electron chi connectivity index (χ1n) is 2.56. The predicted molar refractivity (Wildman–Crippen MR) is 29.1 cm³/mol. The number of carbonyl (C=O) groups is 2. The number of carboxylic acids is 2. The monoisotopic (exact) mass is 178 g/mol. The average molecular weight is 178 g/mol. The van der Waals surface area contributed by atoms with E-state index in [1.165, 1.54) is 0 Å². The van der Waals surface area contributed by atoms with Gasteiger partial charge >= 0.3 is 71.1 Å². The molecule has 0 rings (SSSR count). The Morgan fingerprint density at radius 1 is 0.909 bits per heavy atom. The Morgan fingerprint density at radius 3 is 1.36 bits per heavy atom. The first kappa shape index (κ1) is 17.9. The molecule has 4 nitrogen and oxygen atoms in total. The van der Waals surface area contributed by atoms with Gasteiger partial charge in [-0.3, -0.25) is 9.59 Å². The van der Waals surface area contributed by atoms with E-state index in [4.69, 9.17) is 10.2 Å². The molecule has 0 heterocycles. The van der Waals surface area contributed by atoms with Crippen molar-refractivity contribution in [3.05, 3.63) is 0 Å². The third kappa shape index (κ3) is 18.2. The van der Waals surface area contributed by atoms with Crippen molar-refractivity contribution in [3.63, 3.8) is 0 Å². The average Bonchev–Trinajstić information content (AvgIpc) is 1.63. The Kier molecular flexibility index (Phi) is 17.8. The first-order chi connectivity index (χ1) is 4.13. The summed E-state index contributed by atoms with van der Waals surface area (Å²) >= 11 is 0. The Bertz CT molecular complexity index is 112. The fourth-order valence-electron chi connectivity index (χ4n) is 0.391. The molecule has 0 amide bonds. The minimum atomic E-state index is -0.948. The molecule has 0 fully saturated rings. The molecular weight excluding hydrogens is 170 g/mol. The summed E-state index contributed by atoms with van der Waals surface area (Å²) in [6.07, 6.45) is 0.0866. The van der Waals surface area contributed by atoms with Crippen LogP contribution >= 0.6 is 0 Å².